The number of hydrogen-bond donors (Lipinski definition) is 0. The summed E-state index contributed by atoms with van der Waals surface area (Å²) in [5.41, 5.74) is 5.77. The van der Waals surface area contributed by atoms with E-state index >= 15 is 0 Å². The lowest BCUT2D eigenvalue weighted by atomic mass is 9.82. The van der Waals surface area contributed by atoms with Gasteiger partial charge in [-0.1, -0.05) is 54.6 Å². The fraction of sp³-hybridized carbons (Fsp3) is 0.310. The lowest BCUT2D eigenvalue weighted by Crippen LogP contribution is -2.38. The van der Waals surface area contributed by atoms with Crippen molar-refractivity contribution in [1.82, 2.24) is 0 Å². The second kappa shape index (κ2) is 10.9. The van der Waals surface area contributed by atoms with E-state index in [1.54, 1.807) is 7.11 Å². The van der Waals surface area contributed by atoms with Crippen LogP contribution in [0.25, 0.3) is 11.1 Å². The molecular weight excluding hydrogens is 444 g/mol. The molecule has 178 valence electrons. The highest BCUT2D eigenvalue weighted by Crippen LogP contribution is 2.38. The Labute approximate surface area is 206 Å². The molecule has 4 nitrogen and oxygen atoms in total. The Morgan fingerprint density at radius 1 is 0.882 bits per heavy atom. The van der Waals surface area contributed by atoms with Gasteiger partial charge in [-0.3, -0.25) is 9.59 Å². The number of esters is 1. The summed E-state index contributed by atoms with van der Waals surface area (Å²) >= 11 is 1.52. The van der Waals surface area contributed by atoms with Crippen LogP contribution < -0.4 is 4.74 Å². The summed E-state index contributed by atoms with van der Waals surface area (Å²) in [6.07, 6.45) is 0. The van der Waals surface area contributed by atoms with Gasteiger partial charge in [0.2, 0.25) is 0 Å². The first-order valence-corrected chi connectivity index (χ1v) is 12.2. The van der Waals surface area contributed by atoms with E-state index in [9.17, 15) is 9.59 Å². The molecule has 3 aromatic rings. The van der Waals surface area contributed by atoms with E-state index in [2.05, 4.69) is 12.1 Å². The summed E-state index contributed by atoms with van der Waals surface area (Å²) in [6, 6.07) is 21.9. The van der Waals surface area contributed by atoms with Gasteiger partial charge in [-0.05, 0) is 73.2 Å². The van der Waals surface area contributed by atoms with Crippen LogP contribution >= 0.6 is 11.8 Å². The zero-order valence-electron chi connectivity index (χ0n) is 20.7. The Kier molecular flexibility index (Phi) is 8.21. The number of ether oxygens (including phenoxy) is 2. The third kappa shape index (κ3) is 5.71. The minimum Gasteiger partial charge on any atom is -0.497 e. The van der Waals surface area contributed by atoms with Gasteiger partial charge in [0.1, 0.15) is 11.7 Å². The van der Waals surface area contributed by atoms with Gasteiger partial charge in [-0.25, -0.2) is 0 Å². The molecule has 0 radical (unpaired) electrons. The van der Waals surface area contributed by atoms with E-state index in [4.69, 9.17) is 9.47 Å². The number of carbonyl (C=O) groups excluding carboxylic acids is 2. The largest absolute Gasteiger partial charge is 0.497 e. The van der Waals surface area contributed by atoms with Gasteiger partial charge >= 0.3 is 5.97 Å². The SMILES string of the molecule is COC(=O)C(C(=O)C(C)(C)SCc1ccc(OC)cc1)c1c(C)cc(-c2ccccc2)cc1C. The van der Waals surface area contributed by atoms with Crippen LogP contribution in [0.15, 0.2) is 66.7 Å². The summed E-state index contributed by atoms with van der Waals surface area (Å²) in [6.45, 7) is 7.66. The average Bonchev–Trinajstić information content (AvgIpc) is 2.84. The summed E-state index contributed by atoms with van der Waals surface area (Å²) < 4.78 is 9.54. The van der Waals surface area contributed by atoms with Crippen LogP contribution in [-0.4, -0.2) is 30.7 Å². The molecule has 1 unspecified atom stereocenters. The van der Waals surface area contributed by atoms with Crippen LogP contribution in [-0.2, 0) is 20.1 Å². The van der Waals surface area contributed by atoms with Gasteiger partial charge in [0.25, 0.3) is 0 Å². The number of thioether (sulfide) groups is 1. The molecule has 0 heterocycles. The molecule has 0 aliphatic carbocycles. The normalized spacial score (nSPS) is 12.2. The van der Waals surface area contributed by atoms with E-state index in [0.29, 0.717) is 5.75 Å². The summed E-state index contributed by atoms with van der Waals surface area (Å²) in [4.78, 5) is 26.7. The molecule has 0 saturated heterocycles. The van der Waals surface area contributed by atoms with Crippen molar-refractivity contribution in [3.8, 4) is 16.9 Å². The summed E-state index contributed by atoms with van der Waals surface area (Å²) in [5.74, 6) is -0.229. The molecule has 1 atom stereocenters. The molecule has 0 spiro atoms. The van der Waals surface area contributed by atoms with Crippen LogP contribution in [0.1, 0.15) is 42.0 Å². The van der Waals surface area contributed by atoms with Crippen molar-refractivity contribution in [3.63, 3.8) is 0 Å². The minimum atomic E-state index is -0.979. The van der Waals surface area contributed by atoms with E-state index in [1.807, 2.05) is 82.3 Å². The average molecular weight is 477 g/mol. The van der Waals surface area contributed by atoms with E-state index in [0.717, 1.165) is 39.1 Å². The van der Waals surface area contributed by atoms with Gasteiger partial charge in [0, 0.05) is 5.75 Å². The highest BCUT2D eigenvalue weighted by atomic mass is 32.2. The number of Topliss-reactive ketones (excluding diaryl/α,β-unsaturated/α-hetero) is 1. The number of carbonyl (C=O) groups is 2. The van der Waals surface area contributed by atoms with Crippen LogP contribution in [0.3, 0.4) is 0 Å². The molecule has 0 aliphatic heterocycles. The van der Waals surface area contributed by atoms with Gasteiger partial charge in [0.05, 0.1) is 19.0 Å². The molecule has 0 N–H and O–H groups in total. The van der Waals surface area contributed by atoms with Crippen molar-refractivity contribution in [2.45, 2.75) is 44.1 Å². The zero-order valence-corrected chi connectivity index (χ0v) is 21.5. The fourth-order valence-corrected chi connectivity index (χ4v) is 5.09. The predicted molar refractivity (Wildman–Crippen MR) is 139 cm³/mol. The number of rotatable bonds is 9. The molecule has 0 aromatic heterocycles. The number of aryl methyl sites for hydroxylation is 2. The van der Waals surface area contributed by atoms with E-state index < -0.39 is 16.6 Å². The number of methoxy groups -OCH3 is 2. The molecule has 0 aliphatic rings. The Hall–Kier alpha value is -3.05. The predicted octanol–water partition coefficient (Wildman–Crippen LogP) is 6.52. The standard InChI is InChI=1S/C29H32O4S/c1-19-16-23(22-10-8-7-9-11-22)17-20(2)25(19)26(28(31)33-6)27(30)29(3,4)34-18-21-12-14-24(32-5)15-13-21/h7-17,26H,18H2,1-6H3. The molecule has 3 aromatic carbocycles. The molecule has 3 rings (SSSR count). The molecule has 0 fully saturated rings. The maximum absolute atomic E-state index is 13.8. The van der Waals surface area contributed by atoms with Crippen molar-refractivity contribution < 1.29 is 19.1 Å². The van der Waals surface area contributed by atoms with Gasteiger partial charge < -0.3 is 9.47 Å². The Morgan fingerprint density at radius 3 is 2.00 bits per heavy atom. The molecule has 0 amide bonds. The highest BCUT2D eigenvalue weighted by molar-refractivity contribution is 8.00. The Balaban J connectivity index is 1.91. The number of hydrogen-bond acceptors (Lipinski definition) is 5. The minimum absolute atomic E-state index is 0.156. The topological polar surface area (TPSA) is 52.6 Å². The molecule has 0 saturated carbocycles. The third-order valence-corrected chi connectivity index (χ3v) is 7.44. The Morgan fingerprint density at radius 2 is 1.47 bits per heavy atom. The van der Waals surface area contributed by atoms with Crippen molar-refractivity contribution >= 4 is 23.5 Å². The molecule has 5 heteroatoms. The fourth-order valence-electron chi connectivity index (χ4n) is 4.11. The first kappa shape index (κ1) is 25.6. The van der Waals surface area contributed by atoms with Crippen molar-refractivity contribution in [2.75, 3.05) is 14.2 Å². The summed E-state index contributed by atoms with van der Waals surface area (Å²) in [5, 5.41) is 0. The van der Waals surface area contributed by atoms with Gasteiger partial charge in [-0.15, -0.1) is 11.8 Å². The monoisotopic (exact) mass is 476 g/mol. The van der Waals surface area contributed by atoms with Gasteiger partial charge in [0.15, 0.2) is 5.78 Å². The highest BCUT2D eigenvalue weighted by Gasteiger charge is 2.41. The molecule has 34 heavy (non-hydrogen) atoms. The van der Waals surface area contributed by atoms with Crippen molar-refractivity contribution in [2.24, 2.45) is 0 Å². The van der Waals surface area contributed by atoms with Crippen LogP contribution in [0.4, 0.5) is 0 Å². The Bertz CT molecular complexity index is 1130. The van der Waals surface area contributed by atoms with Crippen LogP contribution in [0.5, 0.6) is 5.75 Å². The second-order valence-corrected chi connectivity index (χ2v) is 10.5. The molecule has 0 bridgehead atoms. The van der Waals surface area contributed by atoms with Crippen molar-refractivity contribution in [3.05, 3.63) is 89.0 Å². The maximum Gasteiger partial charge on any atom is 0.320 e. The number of ketones is 1. The maximum atomic E-state index is 13.8. The second-order valence-electron chi connectivity index (χ2n) is 8.86. The number of benzene rings is 3. The zero-order chi connectivity index (χ0) is 24.9. The lowest BCUT2D eigenvalue weighted by molar-refractivity contribution is -0.146. The van der Waals surface area contributed by atoms with E-state index in [-0.39, 0.29) is 5.78 Å². The van der Waals surface area contributed by atoms with Crippen molar-refractivity contribution in [1.29, 1.82) is 0 Å². The quantitative estimate of drug-likeness (QED) is 0.260. The van der Waals surface area contributed by atoms with Gasteiger partial charge in [-0.2, -0.15) is 0 Å². The molecular formula is C29H32O4S. The van der Waals surface area contributed by atoms with Crippen LogP contribution in [0, 0.1) is 13.8 Å². The lowest BCUT2D eigenvalue weighted by Gasteiger charge is -2.29. The third-order valence-electron chi connectivity index (χ3n) is 6.04. The smallest absolute Gasteiger partial charge is 0.320 e. The summed E-state index contributed by atoms with van der Waals surface area (Å²) in [7, 11) is 2.97. The first-order chi connectivity index (χ1) is 16.2. The van der Waals surface area contributed by atoms with Crippen LogP contribution in [0.2, 0.25) is 0 Å². The van der Waals surface area contributed by atoms with E-state index in [1.165, 1.54) is 18.9 Å². The first-order valence-electron chi connectivity index (χ1n) is 11.2.